The molecule has 0 bridgehead atoms. The first-order chi connectivity index (χ1) is 11.7. The van der Waals surface area contributed by atoms with E-state index in [1.54, 1.807) is 6.21 Å². The molecule has 0 aliphatic heterocycles. The maximum atomic E-state index is 12.0. The third-order valence-corrected chi connectivity index (χ3v) is 4.04. The average Bonchev–Trinajstić information content (AvgIpc) is 2.95. The fourth-order valence-electron chi connectivity index (χ4n) is 2.74. The Morgan fingerprint density at radius 1 is 1.17 bits per heavy atom. The fraction of sp³-hybridized carbons (Fsp3) is 0.200. The molecule has 1 N–H and O–H groups in total. The molecule has 3 aromatic rings. The molecule has 0 saturated heterocycles. The lowest BCUT2D eigenvalue weighted by Crippen LogP contribution is -2.19. The Morgan fingerprint density at radius 3 is 2.67 bits per heavy atom. The van der Waals surface area contributed by atoms with E-state index in [9.17, 15) is 4.79 Å². The molecule has 4 heteroatoms. The number of aryl methyl sites for hydroxylation is 2. The van der Waals surface area contributed by atoms with Crippen molar-refractivity contribution in [1.29, 1.82) is 0 Å². The number of hydrogen-bond acceptors (Lipinski definition) is 2. The molecule has 0 fully saturated rings. The molecule has 1 heterocycles. The van der Waals surface area contributed by atoms with Gasteiger partial charge >= 0.3 is 0 Å². The molecule has 0 saturated carbocycles. The molecule has 0 unspecified atom stereocenters. The van der Waals surface area contributed by atoms with Gasteiger partial charge in [0.25, 0.3) is 0 Å². The van der Waals surface area contributed by atoms with Crippen LogP contribution in [0.5, 0.6) is 0 Å². The van der Waals surface area contributed by atoms with E-state index >= 15 is 0 Å². The Morgan fingerprint density at radius 2 is 1.92 bits per heavy atom. The zero-order valence-corrected chi connectivity index (χ0v) is 14.0. The Kier molecular flexibility index (Phi) is 4.75. The van der Waals surface area contributed by atoms with Crippen LogP contribution in [0.1, 0.15) is 23.6 Å². The predicted molar refractivity (Wildman–Crippen MR) is 98.2 cm³/mol. The first kappa shape index (κ1) is 16.0. The lowest BCUT2D eigenvalue weighted by atomic mass is 10.1. The number of carbonyl (C=O) groups is 1. The second-order valence-electron chi connectivity index (χ2n) is 5.84. The van der Waals surface area contributed by atoms with Crippen molar-refractivity contribution < 1.29 is 4.79 Å². The maximum Gasteiger partial charge on any atom is 0.244 e. The van der Waals surface area contributed by atoms with Gasteiger partial charge in [0.2, 0.25) is 5.91 Å². The zero-order valence-electron chi connectivity index (χ0n) is 14.0. The van der Waals surface area contributed by atoms with E-state index in [0.29, 0.717) is 6.42 Å². The van der Waals surface area contributed by atoms with E-state index in [-0.39, 0.29) is 5.91 Å². The van der Waals surface area contributed by atoms with Crippen LogP contribution in [0.25, 0.3) is 10.9 Å². The summed E-state index contributed by atoms with van der Waals surface area (Å²) in [6.45, 7) is 5.03. The summed E-state index contributed by atoms with van der Waals surface area (Å²) in [6.07, 6.45) is 4.09. The van der Waals surface area contributed by atoms with Gasteiger partial charge in [-0.05, 0) is 25.5 Å². The Hall–Kier alpha value is -2.88. The lowest BCUT2D eigenvalue weighted by Gasteiger charge is -2.01. The zero-order chi connectivity index (χ0) is 16.9. The van der Waals surface area contributed by atoms with Crippen molar-refractivity contribution in [3.05, 3.63) is 71.4 Å². The lowest BCUT2D eigenvalue weighted by molar-refractivity contribution is -0.120. The number of fused-ring (bicyclic) bond motifs is 1. The van der Waals surface area contributed by atoms with Crippen molar-refractivity contribution in [1.82, 2.24) is 9.99 Å². The minimum Gasteiger partial charge on any atom is -0.347 e. The molecule has 1 amide bonds. The van der Waals surface area contributed by atoms with Crippen molar-refractivity contribution >= 4 is 23.0 Å². The van der Waals surface area contributed by atoms with E-state index in [2.05, 4.69) is 40.3 Å². The van der Waals surface area contributed by atoms with E-state index in [1.165, 1.54) is 11.1 Å². The van der Waals surface area contributed by atoms with Crippen LogP contribution in [0.4, 0.5) is 0 Å². The summed E-state index contributed by atoms with van der Waals surface area (Å²) in [5.74, 6) is -0.116. The second kappa shape index (κ2) is 7.13. The van der Waals surface area contributed by atoms with E-state index in [4.69, 9.17) is 0 Å². The summed E-state index contributed by atoms with van der Waals surface area (Å²) in [7, 11) is 0. The van der Waals surface area contributed by atoms with E-state index < -0.39 is 0 Å². The minimum absolute atomic E-state index is 0.116. The summed E-state index contributed by atoms with van der Waals surface area (Å²) < 4.78 is 2.17. The summed E-state index contributed by atoms with van der Waals surface area (Å²) in [5.41, 5.74) is 6.95. The number of para-hydroxylation sites is 1. The van der Waals surface area contributed by atoms with Gasteiger partial charge in [-0.25, -0.2) is 5.43 Å². The molecule has 0 aliphatic rings. The topological polar surface area (TPSA) is 46.4 Å². The number of hydrazone groups is 1. The third kappa shape index (κ3) is 3.54. The van der Waals surface area contributed by atoms with Crippen LogP contribution in [0.3, 0.4) is 0 Å². The molecule has 4 nitrogen and oxygen atoms in total. The second-order valence-corrected chi connectivity index (χ2v) is 5.84. The largest absolute Gasteiger partial charge is 0.347 e. The molecule has 122 valence electrons. The standard InChI is InChI=1S/C20H21N3O/c1-3-23-14-17(18-6-4-5-7-19(18)23)13-21-22-20(24)12-16-10-8-15(2)9-11-16/h4-11,13-14H,3,12H2,1-2H3,(H,22,24)/b21-13-. The average molecular weight is 319 g/mol. The van der Waals surface area contributed by atoms with Crippen molar-refractivity contribution in [3.63, 3.8) is 0 Å². The number of benzene rings is 2. The molecule has 0 radical (unpaired) electrons. The summed E-state index contributed by atoms with van der Waals surface area (Å²) in [4.78, 5) is 12.0. The smallest absolute Gasteiger partial charge is 0.244 e. The quantitative estimate of drug-likeness (QED) is 0.566. The Bertz CT molecular complexity index is 876. The van der Waals surface area contributed by atoms with Crippen molar-refractivity contribution in [3.8, 4) is 0 Å². The molecule has 0 atom stereocenters. The highest BCUT2D eigenvalue weighted by Crippen LogP contribution is 2.19. The molecule has 1 aromatic heterocycles. The van der Waals surface area contributed by atoms with E-state index in [1.807, 2.05) is 43.3 Å². The van der Waals surface area contributed by atoms with Crippen LogP contribution in [-0.4, -0.2) is 16.7 Å². The van der Waals surface area contributed by atoms with Gasteiger partial charge in [-0.1, -0.05) is 48.0 Å². The fourth-order valence-corrected chi connectivity index (χ4v) is 2.74. The van der Waals surface area contributed by atoms with Crippen LogP contribution in [0, 0.1) is 6.92 Å². The van der Waals surface area contributed by atoms with Crippen LogP contribution in [0.15, 0.2) is 59.8 Å². The molecular weight excluding hydrogens is 298 g/mol. The van der Waals surface area contributed by atoms with Gasteiger partial charge in [-0.3, -0.25) is 4.79 Å². The normalized spacial score (nSPS) is 11.2. The predicted octanol–water partition coefficient (Wildman–Crippen LogP) is 3.66. The van der Waals surface area contributed by atoms with Gasteiger partial charge in [-0.15, -0.1) is 0 Å². The van der Waals surface area contributed by atoms with Gasteiger partial charge < -0.3 is 4.57 Å². The number of amides is 1. The van der Waals surface area contributed by atoms with Gasteiger partial charge in [0, 0.05) is 29.2 Å². The number of nitrogens with one attached hydrogen (secondary N) is 1. The third-order valence-electron chi connectivity index (χ3n) is 4.04. The number of rotatable bonds is 5. The summed E-state index contributed by atoms with van der Waals surface area (Å²) in [6, 6.07) is 16.1. The van der Waals surface area contributed by atoms with Crippen molar-refractivity contribution in [2.75, 3.05) is 0 Å². The van der Waals surface area contributed by atoms with Gasteiger partial charge in [-0.2, -0.15) is 5.10 Å². The molecule has 0 aliphatic carbocycles. The number of carbonyl (C=O) groups excluding carboxylic acids is 1. The Balaban J connectivity index is 1.68. The highest BCUT2D eigenvalue weighted by Gasteiger charge is 2.05. The molecule has 0 spiro atoms. The molecular formula is C20H21N3O. The van der Waals surface area contributed by atoms with Crippen LogP contribution < -0.4 is 5.43 Å². The van der Waals surface area contributed by atoms with Gasteiger partial charge in [0.05, 0.1) is 12.6 Å². The SMILES string of the molecule is CCn1cc(/C=N\NC(=O)Cc2ccc(C)cc2)c2ccccc21. The van der Waals surface area contributed by atoms with Crippen LogP contribution in [-0.2, 0) is 17.8 Å². The maximum absolute atomic E-state index is 12.0. The number of nitrogens with zero attached hydrogens (tertiary/aromatic N) is 2. The van der Waals surface area contributed by atoms with Crippen molar-refractivity contribution in [2.24, 2.45) is 5.10 Å². The molecule has 2 aromatic carbocycles. The van der Waals surface area contributed by atoms with Crippen molar-refractivity contribution in [2.45, 2.75) is 26.8 Å². The first-order valence-corrected chi connectivity index (χ1v) is 8.12. The molecule has 24 heavy (non-hydrogen) atoms. The summed E-state index contributed by atoms with van der Waals surface area (Å²) >= 11 is 0. The van der Waals surface area contributed by atoms with Gasteiger partial charge in [0.15, 0.2) is 0 Å². The number of aromatic nitrogens is 1. The number of hydrogen-bond donors (Lipinski definition) is 1. The van der Waals surface area contributed by atoms with Gasteiger partial charge in [0.1, 0.15) is 0 Å². The Labute approximate surface area is 141 Å². The molecule has 3 rings (SSSR count). The van der Waals surface area contributed by atoms with E-state index in [0.717, 1.165) is 23.1 Å². The highest BCUT2D eigenvalue weighted by atomic mass is 16.2. The monoisotopic (exact) mass is 319 g/mol. The first-order valence-electron chi connectivity index (χ1n) is 8.12. The minimum atomic E-state index is -0.116. The van der Waals surface area contributed by atoms with Crippen LogP contribution in [0.2, 0.25) is 0 Å². The summed E-state index contributed by atoms with van der Waals surface area (Å²) in [5, 5.41) is 5.25. The van der Waals surface area contributed by atoms with Crippen LogP contribution >= 0.6 is 0 Å². The highest BCUT2D eigenvalue weighted by molar-refractivity contribution is 5.99.